The van der Waals surface area contributed by atoms with Crippen LogP contribution in [0.3, 0.4) is 0 Å². The summed E-state index contributed by atoms with van der Waals surface area (Å²) in [6, 6.07) is 0. The molecule has 0 bridgehead atoms. The molecule has 0 N–H and O–H groups in total. The Hall–Kier alpha value is 2.79. The number of hydrogen-bond acceptors (Lipinski definition) is 0. The van der Waals surface area contributed by atoms with Crippen molar-refractivity contribution in [1.29, 1.82) is 0 Å². The summed E-state index contributed by atoms with van der Waals surface area (Å²) in [6.45, 7) is 0. The zero-order valence-electron chi connectivity index (χ0n) is 2.94. The molecule has 54 valence electrons. The molecule has 0 aliphatic carbocycles. The third-order valence-electron chi connectivity index (χ3n) is 0. The molecule has 0 aliphatic rings. The van der Waals surface area contributed by atoms with E-state index in [1.165, 1.54) is 0 Å². The summed E-state index contributed by atoms with van der Waals surface area (Å²) in [5.41, 5.74) is 0. The Kier molecular flexibility index (Phi) is 1620. The first kappa shape index (κ1) is 133. The van der Waals surface area contributed by atoms with Crippen LogP contribution in [-0.2, 0) is 65.4 Å². The van der Waals surface area contributed by atoms with Crippen molar-refractivity contribution in [2.45, 2.75) is 22.3 Å². The second-order valence-electron chi connectivity index (χ2n) is 0. The Morgan fingerprint density at radius 2 is 0.625 bits per heavy atom. The fraction of sp³-hybridized carbons (Fsp3) is 0.750. The van der Waals surface area contributed by atoms with Gasteiger partial charge in [0, 0.05) is 65.4 Å². The molecule has 0 heterocycles. The van der Waals surface area contributed by atoms with Crippen molar-refractivity contribution >= 4 is 12.4 Å². The van der Waals surface area contributed by atoms with Crippen molar-refractivity contribution in [3.63, 3.8) is 0 Å². The first-order chi connectivity index (χ1) is 0. The van der Waals surface area contributed by atoms with E-state index >= 15 is 0 Å². The zero-order chi connectivity index (χ0) is 0. The summed E-state index contributed by atoms with van der Waals surface area (Å²) in [4.78, 5) is 0. The van der Waals surface area contributed by atoms with Crippen molar-refractivity contribution in [3.05, 3.63) is 7.43 Å². The molecular weight excluding hydrogens is 297 g/mol. The van der Waals surface area contributed by atoms with E-state index in [2.05, 4.69) is 0 Å². The topological polar surface area (TPSA) is 0 Å². The minimum absolute atomic E-state index is 0. The predicted molar refractivity (Wildman–Crippen MR) is 33.9 cm³/mol. The van der Waals surface area contributed by atoms with E-state index in [9.17, 15) is 0 Å². The van der Waals surface area contributed by atoms with Crippen molar-refractivity contribution in [3.8, 4) is 0 Å². The van der Waals surface area contributed by atoms with E-state index in [-0.39, 0.29) is 120 Å². The number of rotatable bonds is 0. The van der Waals surface area contributed by atoms with Crippen molar-refractivity contribution in [2.24, 2.45) is 0 Å². The Morgan fingerprint density at radius 3 is 0.625 bits per heavy atom. The molecular formula is C4H16Cl2Y2-2. The average Bonchev–Trinajstić information content (AvgIpc) is 0. The van der Waals surface area contributed by atoms with Gasteiger partial charge in [-0.3, -0.25) is 0 Å². The van der Waals surface area contributed by atoms with Gasteiger partial charge in [0.05, 0.1) is 0 Å². The standard InChI is InChI=1S/3CH4.CH3.2ClH.2Y/h3*1H4;1H3;2*1H;;/q;;;-1;;;;/p-1. The van der Waals surface area contributed by atoms with Crippen LogP contribution in [0.2, 0.25) is 0 Å². The quantitative estimate of drug-likeness (QED) is 0.543. The summed E-state index contributed by atoms with van der Waals surface area (Å²) in [5, 5.41) is 0. The maximum atomic E-state index is 0. The van der Waals surface area contributed by atoms with Gasteiger partial charge in [0.1, 0.15) is 0 Å². The van der Waals surface area contributed by atoms with Crippen LogP contribution in [0.5, 0.6) is 0 Å². The molecule has 0 aliphatic heterocycles. The van der Waals surface area contributed by atoms with Crippen LogP contribution in [0.25, 0.3) is 0 Å². The Balaban J connectivity index is 0. The molecule has 2 radical (unpaired) electrons. The molecule has 8 heavy (non-hydrogen) atoms. The van der Waals surface area contributed by atoms with Crippen LogP contribution in [-0.4, -0.2) is 0 Å². The zero-order valence-corrected chi connectivity index (χ0v) is 10.2. The van der Waals surface area contributed by atoms with Gasteiger partial charge in [-0.2, -0.15) is 0 Å². The molecule has 0 amide bonds. The third-order valence-corrected chi connectivity index (χ3v) is 0. The van der Waals surface area contributed by atoms with E-state index in [1.54, 1.807) is 0 Å². The van der Waals surface area contributed by atoms with Crippen molar-refractivity contribution in [2.75, 3.05) is 0 Å². The van der Waals surface area contributed by atoms with E-state index in [4.69, 9.17) is 0 Å². The SMILES string of the molecule is C.C.C.Cl.[CH3-].[Cl-].[Y].[Y]. The van der Waals surface area contributed by atoms with Gasteiger partial charge >= 0.3 is 0 Å². The largest absolute Gasteiger partial charge is 1.00 e. The van der Waals surface area contributed by atoms with Gasteiger partial charge in [-0.25, -0.2) is 0 Å². The maximum Gasteiger partial charge on any atom is 0 e. The predicted octanol–water partition coefficient (Wildman–Crippen LogP) is -0.221. The van der Waals surface area contributed by atoms with Crippen molar-refractivity contribution < 1.29 is 77.8 Å². The van der Waals surface area contributed by atoms with Crippen LogP contribution in [0, 0.1) is 7.43 Å². The van der Waals surface area contributed by atoms with Crippen LogP contribution in [0.4, 0.5) is 0 Å². The van der Waals surface area contributed by atoms with Crippen LogP contribution in [0.1, 0.15) is 22.3 Å². The van der Waals surface area contributed by atoms with Gasteiger partial charge in [-0.05, 0) is 0 Å². The smallest absolute Gasteiger partial charge is 0 e. The first-order valence-corrected chi connectivity index (χ1v) is 0. The normalized spacial score (nSPS) is 0. The van der Waals surface area contributed by atoms with Gasteiger partial charge in [0.25, 0.3) is 0 Å². The molecule has 0 fully saturated rings. The molecule has 0 saturated carbocycles. The van der Waals surface area contributed by atoms with E-state index in [0.29, 0.717) is 0 Å². The molecule has 0 unspecified atom stereocenters. The first-order valence-electron chi connectivity index (χ1n) is 0. The second-order valence-corrected chi connectivity index (χ2v) is 0. The summed E-state index contributed by atoms with van der Waals surface area (Å²) in [5.74, 6) is 0. The third kappa shape index (κ3) is 68.6. The number of halogens is 2. The molecule has 0 aromatic rings. The van der Waals surface area contributed by atoms with E-state index in [1.807, 2.05) is 0 Å². The number of hydrogen-bond donors (Lipinski definition) is 0. The van der Waals surface area contributed by atoms with E-state index < -0.39 is 0 Å². The van der Waals surface area contributed by atoms with Gasteiger partial charge < -0.3 is 19.8 Å². The van der Waals surface area contributed by atoms with E-state index in [0.717, 1.165) is 0 Å². The molecule has 0 atom stereocenters. The fourth-order valence-electron chi connectivity index (χ4n) is 0. The van der Waals surface area contributed by atoms with Crippen LogP contribution < -0.4 is 12.4 Å². The molecule has 0 saturated heterocycles. The molecule has 4 heteroatoms. The van der Waals surface area contributed by atoms with Crippen molar-refractivity contribution in [1.82, 2.24) is 0 Å². The minimum atomic E-state index is 0. The van der Waals surface area contributed by atoms with Gasteiger partial charge in [-0.1, -0.05) is 22.3 Å². The Bertz CT molecular complexity index is 12.0. The summed E-state index contributed by atoms with van der Waals surface area (Å²) < 4.78 is 0. The monoisotopic (exact) mass is 312 g/mol. The van der Waals surface area contributed by atoms with Crippen LogP contribution in [0.15, 0.2) is 0 Å². The summed E-state index contributed by atoms with van der Waals surface area (Å²) in [6.07, 6.45) is 0. The molecule has 0 aromatic carbocycles. The second kappa shape index (κ2) is 97.3. The Labute approximate surface area is 118 Å². The fourth-order valence-corrected chi connectivity index (χ4v) is 0. The Morgan fingerprint density at radius 1 is 0.625 bits per heavy atom. The molecule has 0 spiro atoms. The van der Waals surface area contributed by atoms with Gasteiger partial charge in [0.2, 0.25) is 0 Å². The summed E-state index contributed by atoms with van der Waals surface area (Å²) >= 11 is 0. The van der Waals surface area contributed by atoms with Gasteiger partial charge in [-0.15, -0.1) is 12.4 Å². The van der Waals surface area contributed by atoms with Gasteiger partial charge in [0.15, 0.2) is 0 Å². The molecule has 0 rings (SSSR count). The average molecular weight is 313 g/mol. The minimum Gasteiger partial charge on any atom is -1.00 e. The summed E-state index contributed by atoms with van der Waals surface area (Å²) in [7, 11) is 0. The molecule has 0 aromatic heterocycles. The maximum absolute atomic E-state index is 0. The van der Waals surface area contributed by atoms with Crippen LogP contribution >= 0.6 is 12.4 Å². The molecule has 0 nitrogen and oxygen atoms in total.